The van der Waals surface area contributed by atoms with Gasteiger partial charge in [-0.3, -0.25) is 0 Å². The van der Waals surface area contributed by atoms with Crippen molar-refractivity contribution in [2.45, 2.75) is 4.90 Å². The zero-order valence-corrected chi connectivity index (χ0v) is 19.8. The summed E-state index contributed by atoms with van der Waals surface area (Å²) in [5.41, 5.74) is 1.43. The van der Waals surface area contributed by atoms with Gasteiger partial charge in [0.2, 0.25) is 10.0 Å². The molecule has 1 saturated heterocycles. The molecule has 170 valence electrons. The second-order valence-electron chi connectivity index (χ2n) is 7.05. The number of sulfonamides is 1. The minimum absolute atomic E-state index is 0.0461. The van der Waals surface area contributed by atoms with E-state index in [0.29, 0.717) is 37.6 Å². The van der Waals surface area contributed by atoms with Gasteiger partial charge in [-0.05, 0) is 30.3 Å². The minimum Gasteiger partial charge on any atom is -0.497 e. The molecule has 1 aromatic heterocycles. The fourth-order valence-corrected chi connectivity index (χ4v) is 6.07. The highest BCUT2D eigenvalue weighted by Crippen LogP contribution is 2.33. The molecule has 1 aliphatic heterocycles. The molecule has 32 heavy (non-hydrogen) atoms. The lowest BCUT2D eigenvalue weighted by atomic mass is 10.2. The number of aromatic nitrogens is 1. The van der Waals surface area contributed by atoms with Crippen molar-refractivity contribution in [1.82, 2.24) is 9.29 Å². The molecule has 3 aromatic rings. The molecule has 0 aliphatic carbocycles. The van der Waals surface area contributed by atoms with Gasteiger partial charge in [0.05, 0.1) is 24.9 Å². The van der Waals surface area contributed by atoms with E-state index >= 15 is 0 Å². The summed E-state index contributed by atoms with van der Waals surface area (Å²) in [6.45, 7) is 1.62. The zero-order valence-electron chi connectivity index (χ0n) is 17.4. The van der Waals surface area contributed by atoms with Crippen LogP contribution in [0.15, 0.2) is 46.7 Å². The van der Waals surface area contributed by atoms with Crippen molar-refractivity contribution in [3.8, 4) is 22.8 Å². The van der Waals surface area contributed by atoms with E-state index in [1.807, 2.05) is 10.3 Å². The summed E-state index contributed by atoms with van der Waals surface area (Å²) in [4.78, 5) is 6.78. The Bertz CT molecular complexity index is 1230. The van der Waals surface area contributed by atoms with Crippen LogP contribution in [-0.2, 0) is 10.0 Å². The van der Waals surface area contributed by atoms with Gasteiger partial charge in [-0.1, -0.05) is 11.6 Å². The first-order chi connectivity index (χ1) is 15.3. The Morgan fingerprint density at radius 1 is 1.06 bits per heavy atom. The van der Waals surface area contributed by atoms with Crippen LogP contribution in [0, 0.1) is 5.82 Å². The lowest BCUT2D eigenvalue weighted by Gasteiger charge is -2.34. The van der Waals surface area contributed by atoms with Crippen LogP contribution in [-0.4, -0.2) is 58.1 Å². The molecule has 0 saturated carbocycles. The predicted octanol–water partition coefficient (Wildman–Crippen LogP) is 4.13. The van der Waals surface area contributed by atoms with Gasteiger partial charge in [0, 0.05) is 43.2 Å². The van der Waals surface area contributed by atoms with Gasteiger partial charge in [-0.15, -0.1) is 11.3 Å². The summed E-state index contributed by atoms with van der Waals surface area (Å²) >= 11 is 7.33. The highest BCUT2D eigenvalue weighted by molar-refractivity contribution is 7.89. The van der Waals surface area contributed by atoms with Gasteiger partial charge >= 0.3 is 0 Å². The number of halogens is 2. The van der Waals surface area contributed by atoms with Gasteiger partial charge in [-0.2, -0.15) is 4.31 Å². The molecule has 0 spiro atoms. The van der Waals surface area contributed by atoms with E-state index in [9.17, 15) is 12.8 Å². The molecule has 4 rings (SSSR count). The maximum atomic E-state index is 13.4. The zero-order chi connectivity index (χ0) is 22.9. The van der Waals surface area contributed by atoms with Crippen molar-refractivity contribution in [3.05, 3.63) is 52.6 Å². The van der Waals surface area contributed by atoms with E-state index in [2.05, 4.69) is 4.98 Å². The van der Waals surface area contributed by atoms with Crippen molar-refractivity contribution < 1.29 is 22.3 Å². The monoisotopic (exact) mass is 497 g/mol. The predicted molar refractivity (Wildman–Crippen MR) is 123 cm³/mol. The molecule has 2 heterocycles. The molecular weight excluding hydrogens is 477 g/mol. The third-order valence-electron chi connectivity index (χ3n) is 5.21. The number of piperazine rings is 1. The van der Waals surface area contributed by atoms with Crippen molar-refractivity contribution in [1.29, 1.82) is 0 Å². The molecule has 11 heteroatoms. The minimum atomic E-state index is -3.72. The second-order valence-corrected chi connectivity index (χ2v) is 10.2. The summed E-state index contributed by atoms with van der Waals surface area (Å²) in [5, 5.41) is 2.70. The number of methoxy groups -OCH3 is 2. The van der Waals surface area contributed by atoms with Gasteiger partial charge in [0.25, 0.3) is 0 Å². The number of hydrogen-bond donors (Lipinski definition) is 0. The first-order valence-electron chi connectivity index (χ1n) is 9.71. The smallest absolute Gasteiger partial charge is 0.246 e. The fraction of sp³-hybridized carbons (Fsp3) is 0.286. The molecule has 0 atom stereocenters. The summed E-state index contributed by atoms with van der Waals surface area (Å²) in [6, 6.07) is 9.15. The van der Waals surface area contributed by atoms with Gasteiger partial charge in [-0.25, -0.2) is 17.8 Å². The standard InChI is InChI=1S/C21H21ClFN3O4S2/c1-29-15-4-6-20(19(12-15)30-2)32(27,28)26-9-7-25(8-10-26)21-24-18(13-31-21)14-3-5-17(23)16(22)11-14/h3-6,11-13H,7-10H2,1-2H3. The number of hydrogen-bond acceptors (Lipinski definition) is 7. The summed E-state index contributed by atoms with van der Waals surface area (Å²) in [6.07, 6.45) is 0. The molecule has 0 unspecified atom stereocenters. The average Bonchev–Trinajstić information content (AvgIpc) is 3.30. The SMILES string of the molecule is COc1ccc(S(=O)(=O)N2CCN(c3nc(-c4ccc(F)c(Cl)c4)cs3)CC2)c(OC)c1. The molecule has 1 fully saturated rings. The van der Waals surface area contributed by atoms with E-state index in [-0.39, 0.29) is 15.7 Å². The van der Waals surface area contributed by atoms with Gasteiger partial charge < -0.3 is 14.4 Å². The van der Waals surface area contributed by atoms with Crippen molar-refractivity contribution in [2.24, 2.45) is 0 Å². The largest absolute Gasteiger partial charge is 0.497 e. The first-order valence-corrected chi connectivity index (χ1v) is 12.4. The van der Waals surface area contributed by atoms with Crippen LogP contribution in [0.3, 0.4) is 0 Å². The van der Waals surface area contributed by atoms with Crippen molar-refractivity contribution in [3.63, 3.8) is 0 Å². The Morgan fingerprint density at radius 2 is 1.81 bits per heavy atom. The van der Waals surface area contributed by atoms with E-state index in [0.717, 1.165) is 10.7 Å². The van der Waals surface area contributed by atoms with Gasteiger partial charge in [0.1, 0.15) is 22.2 Å². The number of benzene rings is 2. The highest BCUT2D eigenvalue weighted by atomic mass is 35.5. The average molecular weight is 498 g/mol. The molecule has 1 aliphatic rings. The van der Waals surface area contributed by atoms with Crippen LogP contribution < -0.4 is 14.4 Å². The highest BCUT2D eigenvalue weighted by Gasteiger charge is 2.31. The van der Waals surface area contributed by atoms with Gasteiger partial charge in [0.15, 0.2) is 5.13 Å². The molecule has 0 radical (unpaired) electrons. The number of rotatable bonds is 6. The summed E-state index contributed by atoms with van der Waals surface area (Å²) < 4.78 is 51.7. The van der Waals surface area contributed by atoms with Crippen LogP contribution >= 0.6 is 22.9 Å². The summed E-state index contributed by atoms with van der Waals surface area (Å²) in [7, 11) is -0.782. The third kappa shape index (κ3) is 4.40. The Balaban J connectivity index is 1.48. The van der Waals surface area contributed by atoms with Crippen LogP contribution in [0.5, 0.6) is 11.5 Å². The second kappa shape index (κ2) is 9.22. The van der Waals surface area contributed by atoms with E-state index in [1.54, 1.807) is 24.3 Å². The first kappa shape index (κ1) is 22.8. The van der Waals surface area contributed by atoms with Crippen molar-refractivity contribution >= 4 is 38.1 Å². The number of anilines is 1. The lowest BCUT2D eigenvalue weighted by molar-refractivity contribution is 0.370. The number of ether oxygens (including phenoxy) is 2. The maximum Gasteiger partial charge on any atom is 0.246 e. The Morgan fingerprint density at radius 3 is 2.47 bits per heavy atom. The van der Waals surface area contributed by atoms with Crippen LogP contribution in [0.4, 0.5) is 9.52 Å². The normalized spacial score (nSPS) is 15.1. The molecule has 2 aromatic carbocycles. The Kier molecular flexibility index (Phi) is 6.57. The van der Waals surface area contributed by atoms with Crippen LogP contribution in [0.2, 0.25) is 5.02 Å². The van der Waals surface area contributed by atoms with E-state index in [1.165, 1.54) is 42.0 Å². The topological polar surface area (TPSA) is 72.0 Å². The Hall–Kier alpha value is -2.40. The molecular formula is C21H21ClFN3O4S2. The molecule has 0 amide bonds. The number of nitrogens with zero attached hydrogens (tertiary/aromatic N) is 3. The fourth-order valence-electron chi connectivity index (χ4n) is 3.44. The number of thiazole rings is 1. The summed E-state index contributed by atoms with van der Waals surface area (Å²) in [5.74, 6) is 0.290. The lowest BCUT2D eigenvalue weighted by Crippen LogP contribution is -2.48. The van der Waals surface area contributed by atoms with Crippen LogP contribution in [0.25, 0.3) is 11.3 Å². The van der Waals surface area contributed by atoms with Crippen molar-refractivity contribution in [2.75, 3.05) is 45.3 Å². The van der Waals surface area contributed by atoms with Crippen LogP contribution in [0.1, 0.15) is 0 Å². The molecule has 0 bridgehead atoms. The van der Waals surface area contributed by atoms with E-state index < -0.39 is 15.8 Å². The maximum absolute atomic E-state index is 13.4. The quantitative estimate of drug-likeness (QED) is 0.510. The van der Waals surface area contributed by atoms with E-state index in [4.69, 9.17) is 21.1 Å². The molecule has 0 N–H and O–H groups in total. The molecule has 7 nitrogen and oxygen atoms in total. The Labute approximate surface area is 195 Å². The third-order valence-corrected chi connectivity index (χ3v) is 8.33.